The first-order valence-electron chi connectivity index (χ1n) is 11.6. The van der Waals surface area contributed by atoms with Gasteiger partial charge in [0.1, 0.15) is 5.75 Å². The summed E-state index contributed by atoms with van der Waals surface area (Å²) in [4.78, 5) is 28.7. The van der Waals surface area contributed by atoms with Crippen LogP contribution in [0.15, 0.2) is 66.7 Å². The number of methoxy groups -OCH3 is 1. The van der Waals surface area contributed by atoms with E-state index >= 15 is 0 Å². The van der Waals surface area contributed by atoms with Gasteiger partial charge in [0.15, 0.2) is 0 Å². The molecule has 2 amide bonds. The Labute approximate surface area is 208 Å². The summed E-state index contributed by atoms with van der Waals surface area (Å²) in [6, 6.07) is 17.0. The lowest BCUT2D eigenvalue weighted by Crippen LogP contribution is -2.50. The van der Waals surface area contributed by atoms with Gasteiger partial charge in [0.05, 0.1) is 13.2 Å². The van der Waals surface area contributed by atoms with Crippen molar-refractivity contribution in [2.45, 2.75) is 45.5 Å². The number of benzene rings is 3. The van der Waals surface area contributed by atoms with Gasteiger partial charge in [-0.05, 0) is 75.2 Å². The maximum atomic E-state index is 13.8. The Hall–Kier alpha value is -3.81. The van der Waals surface area contributed by atoms with Crippen molar-refractivity contribution in [3.05, 3.63) is 89.0 Å². The van der Waals surface area contributed by atoms with Crippen LogP contribution < -0.4 is 14.5 Å². The molecule has 0 spiro atoms. The van der Waals surface area contributed by atoms with E-state index in [-0.39, 0.29) is 18.0 Å². The number of carbonyl (C=O) groups is 2. The van der Waals surface area contributed by atoms with E-state index in [2.05, 4.69) is 0 Å². The minimum absolute atomic E-state index is 0.133. The second kappa shape index (κ2) is 9.68. The molecule has 1 aliphatic rings. The Morgan fingerprint density at radius 3 is 2.14 bits per heavy atom. The third-order valence-corrected chi connectivity index (χ3v) is 6.45. The SMILES string of the molecule is COc1ccc(C(=O)N2c3ccc(C)cc3[C@H](N(C(=O)C(F)(F)F)c3ccc(C)cc3)C[C@H]2C)cc1. The zero-order valence-electron chi connectivity index (χ0n) is 20.5. The summed E-state index contributed by atoms with van der Waals surface area (Å²) in [5.74, 6) is -1.61. The highest BCUT2D eigenvalue weighted by Crippen LogP contribution is 2.44. The van der Waals surface area contributed by atoms with Crippen molar-refractivity contribution in [3.8, 4) is 5.75 Å². The first-order valence-corrected chi connectivity index (χ1v) is 11.6. The Morgan fingerprint density at radius 1 is 0.944 bits per heavy atom. The van der Waals surface area contributed by atoms with Gasteiger partial charge in [-0.1, -0.05) is 35.4 Å². The van der Waals surface area contributed by atoms with Crippen LogP contribution in [-0.2, 0) is 4.79 Å². The van der Waals surface area contributed by atoms with Gasteiger partial charge in [0.2, 0.25) is 0 Å². The average Bonchev–Trinajstić information content (AvgIpc) is 2.84. The standard InChI is InChI=1S/C28H27F3N2O3/c1-17-5-10-21(11-6-17)33(27(35)28(29,30)31)25-16-19(3)32(24-14-7-18(2)15-23(24)25)26(34)20-8-12-22(36-4)13-9-20/h5-15,19,25H,16H2,1-4H3/t19-,25-/m1/s1. The lowest BCUT2D eigenvalue weighted by Gasteiger charge is -2.43. The molecular weight excluding hydrogens is 469 g/mol. The van der Waals surface area contributed by atoms with Gasteiger partial charge in [-0.3, -0.25) is 14.5 Å². The quantitative estimate of drug-likeness (QED) is 0.421. The molecule has 0 radical (unpaired) electrons. The fourth-order valence-electron chi connectivity index (χ4n) is 4.66. The molecule has 2 atom stereocenters. The number of carbonyl (C=O) groups excluding carboxylic acids is 2. The van der Waals surface area contributed by atoms with Gasteiger partial charge in [-0.2, -0.15) is 13.2 Å². The van der Waals surface area contributed by atoms with E-state index in [1.807, 2.05) is 19.9 Å². The van der Waals surface area contributed by atoms with Crippen molar-refractivity contribution in [1.29, 1.82) is 0 Å². The van der Waals surface area contributed by atoms with Gasteiger partial charge in [-0.15, -0.1) is 0 Å². The van der Waals surface area contributed by atoms with Crippen molar-refractivity contribution in [2.24, 2.45) is 0 Å². The highest BCUT2D eigenvalue weighted by atomic mass is 19.4. The highest BCUT2D eigenvalue weighted by molar-refractivity contribution is 6.08. The third-order valence-electron chi connectivity index (χ3n) is 6.45. The van der Waals surface area contributed by atoms with Crippen molar-refractivity contribution in [3.63, 3.8) is 0 Å². The van der Waals surface area contributed by atoms with E-state index in [0.717, 1.165) is 16.0 Å². The number of nitrogens with zero attached hydrogens (tertiary/aromatic N) is 2. The molecule has 1 heterocycles. The van der Waals surface area contributed by atoms with Crippen LogP contribution in [0, 0.1) is 13.8 Å². The Kier molecular flexibility index (Phi) is 6.80. The van der Waals surface area contributed by atoms with E-state index in [9.17, 15) is 22.8 Å². The second-order valence-corrected chi connectivity index (χ2v) is 9.07. The molecule has 0 fully saturated rings. The zero-order valence-corrected chi connectivity index (χ0v) is 20.5. The first kappa shape index (κ1) is 25.3. The predicted octanol–water partition coefficient (Wildman–Crippen LogP) is 6.39. The van der Waals surface area contributed by atoms with E-state index in [0.29, 0.717) is 22.6 Å². The number of amides is 2. The van der Waals surface area contributed by atoms with Crippen LogP contribution in [0.25, 0.3) is 0 Å². The number of rotatable bonds is 4. The summed E-state index contributed by atoms with van der Waals surface area (Å²) < 4.78 is 46.6. The number of halogens is 3. The number of hydrogen-bond donors (Lipinski definition) is 0. The molecule has 188 valence electrons. The summed E-state index contributed by atoms with van der Waals surface area (Å²) in [6.07, 6.45) is -4.93. The summed E-state index contributed by atoms with van der Waals surface area (Å²) in [5, 5.41) is 0. The Morgan fingerprint density at radius 2 is 1.56 bits per heavy atom. The predicted molar refractivity (Wildman–Crippen MR) is 133 cm³/mol. The van der Waals surface area contributed by atoms with Crippen LogP contribution in [0.4, 0.5) is 24.5 Å². The highest BCUT2D eigenvalue weighted by Gasteiger charge is 2.48. The minimum Gasteiger partial charge on any atom is -0.497 e. The summed E-state index contributed by atoms with van der Waals surface area (Å²) in [5.41, 5.74) is 3.23. The second-order valence-electron chi connectivity index (χ2n) is 9.07. The average molecular weight is 497 g/mol. The number of aryl methyl sites for hydroxylation is 2. The lowest BCUT2D eigenvalue weighted by atomic mass is 9.88. The largest absolute Gasteiger partial charge is 0.497 e. The fourth-order valence-corrected chi connectivity index (χ4v) is 4.66. The number of fused-ring (bicyclic) bond motifs is 1. The van der Waals surface area contributed by atoms with Crippen molar-refractivity contribution in [1.82, 2.24) is 0 Å². The molecule has 1 aliphatic heterocycles. The lowest BCUT2D eigenvalue weighted by molar-refractivity contribution is -0.171. The number of ether oxygens (including phenoxy) is 1. The maximum absolute atomic E-state index is 13.8. The molecule has 0 saturated carbocycles. The normalized spacial score (nSPS) is 17.4. The summed E-state index contributed by atoms with van der Waals surface area (Å²) >= 11 is 0. The monoisotopic (exact) mass is 496 g/mol. The molecule has 0 bridgehead atoms. The third kappa shape index (κ3) is 4.80. The summed E-state index contributed by atoms with van der Waals surface area (Å²) in [6.45, 7) is 5.43. The first-order chi connectivity index (χ1) is 17.0. The van der Waals surface area contributed by atoms with E-state index in [1.165, 1.54) is 19.2 Å². The molecular formula is C28H27F3N2O3. The van der Waals surface area contributed by atoms with Gasteiger partial charge >= 0.3 is 12.1 Å². The molecule has 3 aromatic rings. The molecule has 8 heteroatoms. The van der Waals surface area contributed by atoms with Crippen LogP contribution in [0.2, 0.25) is 0 Å². The fraction of sp³-hybridized carbons (Fsp3) is 0.286. The topological polar surface area (TPSA) is 49.9 Å². The van der Waals surface area contributed by atoms with Crippen LogP contribution in [0.5, 0.6) is 5.75 Å². The number of alkyl halides is 3. The molecule has 4 rings (SSSR count). The van der Waals surface area contributed by atoms with E-state index < -0.39 is 24.2 Å². The Bertz CT molecular complexity index is 1270. The molecule has 0 aromatic heterocycles. The van der Waals surface area contributed by atoms with Gasteiger partial charge in [0.25, 0.3) is 5.91 Å². The van der Waals surface area contributed by atoms with Crippen molar-refractivity contribution < 1.29 is 27.5 Å². The molecule has 36 heavy (non-hydrogen) atoms. The molecule has 0 N–H and O–H groups in total. The number of hydrogen-bond acceptors (Lipinski definition) is 3. The molecule has 3 aromatic carbocycles. The zero-order chi connectivity index (χ0) is 26.2. The summed E-state index contributed by atoms with van der Waals surface area (Å²) in [7, 11) is 1.53. The Balaban J connectivity index is 1.83. The van der Waals surface area contributed by atoms with Crippen LogP contribution in [-0.4, -0.2) is 31.1 Å². The van der Waals surface area contributed by atoms with E-state index in [4.69, 9.17) is 4.74 Å². The van der Waals surface area contributed by atoms with Gasteiger partial charge in [-0.25, -0.2) is 0 Å². The molecule has 0 saturated heterocycles. The maximum Gasteiger partial charge on any atom is 0.471 e. The van der Waals surface area contributed by atoms with Crippen LogP contribution >= 0.6 is 0 Å². The van der Waals surface area contributed by atoms with Crippen molar-refractivity contribution >= 4 is 23.2 Å². The van der Waals surface area contributed by atoms with Gasteiger partial charge in [0, 0.05) is 23.0 Å². The molecule has 0 aliphatic carbocycles. The molecule has 5 nitrogen and oxygen atoms in total. The van der Waals surface area contributed by atoms with E-state index in [1.54, 1.807) is 60.4 Å². The number of anilines is 2. The van der Waals surface area contributed by atoms with Crippen molar-refractivity contribution in [2.75, 3.05) is 16.9 Å². The smallest absolute Gasteiger partial charge is 0.471 e. The van der Waals surface area contributed by atoms with Crippen LogP contribution in [0.1, 0.15) is 46.4 Å². The minimum atomic E-state index is -5.06. The van der Waals surface area contributed by atoms with Crippen LogP contribution in [0.3, 0.4) is 0 Å². The molecule has 0 unspecified atom stereocenters. The van der Waals surface area contributed by atoms with Gasteiger partial charge < -0.3 is 9.64 Å².